The Kier molecular flexibility index (Phi) is 7.92. The van der Waals surface area contributed by atoms with E-state index < -0.39 is 17.9 Å². The van der Waals surface area contributed by atoms with Gasteiger partial charge in [0.15, 0.2) is 0 Å². The fourth-order valence-electron chi connectivity index (χ4n) is 5.06. The van der Waals surface area contributed by atoms with Crippen LogP contribution in [0.25, 0.3) is 11.0 Å². The van der Waals surface area contributed by atoms with E-state index in [2.05, 4.69) is 29.4 Å². The molecule has 1 N–H and O–H groups in total. The lowest BCUT2D eigenvalue weighted by molar-refractivity contribution is -0.142. The zero-order chi connectivity index (χ0) is 23.0. The molecular formula is C28H33NO4. The highest BCUT2D eigenvalue weighted by Crippen LogP contribution is 2.35. The van der Waals surface area contributed by atoms with Gasteiger partial charge in [0.1, 0.15) is 17.4 Å². The third kappa shape index (κ3) is 5.89. The van der Waals surface area contributed by atoms with Gasteiger partial charge in [-0.05, 0) is 62.1 Å². The summed E-state index contributed by atoms with van der Waals surface area (Å²) >= 11 is 0. The number of aryl methyl sites for hydroxylation is 3. The molecule has 5 heteroatoms. The van der Waals surface area contributed by atoms with Crippen molar-refractivity contribution in [2.24, 2.45) is 11.1 Å². The van der Waals surface area contributed by atoms with Crippen molar-refractivity contribution in [3.63, 3.8) is 0 Å². The normalized spacial score (nSPS) is 15.2. The molecule has 1 aliphatic rings. The number of hydrogen-bond acceptors (Lipinski definition) is 4. The molecule has 1 aliphatic carbocycles. The van der Waals surface area contributed by atoms with Crippen LogP contribution in [-0.2, 0) is 24.1 Å². The topological polar surface area (TPSA) is 79.9 Å². The van der Waals surface area contributed by atoms with Crippen LogP contribution < -0.4 is 0 Å². The highest BCUT2D eigenvalue weighted by molar-refractivity contribution is 5.83. The van der Waals surface area contributed by atoms with Crippen molar-refractivity contribution >= 4 is 16.9 Å². The zero-order valence-corrected chi connectivity index (χ0v) is 19.2. The first kappa shape index (κ1) is 23.2. The SMILES string of the molecule is O=NC(CC(CCCCCCc1ccccc1)C(=O)O)c1ccc2c3c(oc2c1)CCCC3. The average molecular weight is 448 g/mol. The van der Waals surface area contributed by atoms with Crippen LogP contribution in [-0.4, -0.2) is 11.1 Å². The number of carboxylic acid groups (broad SMARTS) is 1. The van der Waals surface area contributed by atoms with E-state index in [1.165, 1.54) is 17.5 Å². The van der Waals surface area contributed by atoms with Crippen LogP contribution in [0.3, 0.4) is 0 Å². The first-order valence-electron chi connectivity index (χ1n) is 12.3. The van der Waals surface area contributed by atoms with Crippen molar-refractivity contribution in [2.75, 3.05) is 0 Å². The zero-order valence-electron chi connectivity index (χ0n) is 19.2. The van der Waals surface area contributed by atoms with Crippen molar-refractivity contribution in [3.8, 4) is 0 Å². The van der Waals surface area contributed by atoms with Crippen molar-refractivity contribution in [1.82, 2.24) is 0 Å². The molecule has 4 rings (SSSR count). The number of carboxylic acids is 1. The van der Waals surface area contributed by atoms with Gasteiger partial charge in [-0.15, -0.1) is 0 Å². The Morgan fingerprint density at radius 3 is 2.58 bits per heavy atom. The van der Waals surface area contributed by atoms with E-state index in [1.54, 1.807) is 0 Å². The number of hydrogen-bond donors (Lipinski definition) is 1. The molecule has 2 aromatic carbocycles. The molecule has 1 aromatic heterocycles. The van der Waals surface area contributed by atoms with Crippen LogP contribution in [0.1, 0.15) is 79.9 Å². The lowest BCUT2D eigenvalue weighted by Crippen LogP contribution is -2.16. The Balaban J connectivity index is 1.31. The number of nitroso groups, excluding NO2 is 1. The minimum atomic E-state index is -0.845. The third-order valence-corrected chi connectivity index (χ3v) is 6.96. The van der Waals surface area contributed by atoms with Crippen molar-refractivity contribution < 1.29 is 14.3 Å². The summed E-state index contributed by atoms with van der Waals surface area (Å²) in [6.45, 7) is 0. The van der Waals surface area contributed by atoms with Gasteiger partial charge in [0.25, 0.3) is 0 Å². The van der Waals surface area contributed by atoms with Gasteiger partial charge in [-0.25, -0.2) is 0 Å². The minimum absolute atomic E-state index is 0.231. The summed E-state index contributed by atoms with van der Waals surface area (Å²) < 4.78 is 6.05. The van der Waals surface area contributed by atoms with Gasteiger partial charge in [0.2, 0.25) is 0 Å². The molecule has 0 saturated heterocycles. The Hall–Kier alpha value is -2.95. The van der Waals surface area contributed by atoms with Crippen LogP contribution in [0.4, 0.5) is 0 Å². The van der Waals surface area contributed by atoms with E-state index in [0.717, 1.165) is 73.7 Å². The molecule has 2 unspecified atom stereocenters. The Labute approximate surface area is 195 Å². The maximum absolute atomic E-state index is 11.9. The number of unbranched alkanes of at least 4 members (excludes halogenated alkanes) is 3. The first-order chi connectivity index (χ1) is 16.2. The minimum Gasteiger partial charge on any atom is -0.481 e. The van der Waals surface area contributed by atoms with Gasteiger partial charge in [0, 0.05) is 17.4 Å². The summed E-state index contributed by atoms with van der Waals surface area (Å²) in [4.78, 5) is 23.5. The predicted molar refractivity (Wildman–Crippen MR) is 130 cm³/mol. The number of carbonyl (C=O) groups is 1. The smallest absolute Gasteiger partial charge is 0.306 e. The van der Waals surface area contributed by atoms with Gasteiger partial charge in [-0.2, -0.15) is 4.91 Å². The maximum Gasteiger partial charge on any atom is 0.306 e. The fraction of sp³-hybridized carbons (Fsp3) is 0.464. The largest absolute Gasteiger partial charge is 0.481 e. The van der Waals surface area contributed by atoms with Crippen LogP contribution in [0.15, 0.2) is 58.1 Å². The van der Waals surface area contributed by atoms with Gasteiger partial charge >= 0.3 is 5.97 Å². The molecule has 33 heavy (non-hydrogen) atoms. The standard InChI is InChI=1S/C28H33NO4/c30-28(31)22(13-7-2-1-4-10-20-11-5-3-6-12-20)18-25(29-32)21-16-17-24-23-14-8-9-15-26(23)33-27(24)19-21/h3,5-6,11-12,16-17,19,22,25H,1-2,4,7-10,13-15,18H2,(H,30,31). The number of aliphatic carboxylic acids is 1. The summed E-state index contributed by atoms with van der Waals surface area (Å²) in [6, 6.07) is 15.6. The summed E-state index contributed by atoms with van der Waals surface area (Å²) in [6.07, 6.45) is 10.2. The van der Waals surface area contributed by atoms with Gasteiger partial charge in [-0.1, -0.05) is 66.9 Å². The number of fused-ring (bicyclic) bond motifs is 3. The number of rotatable bonds is 12. The lowest BCUT2D eigenvalue weighted by Gasteiger charge is -2.16. The molecule has 0 amide bonds. The van der Waals surface area contributed by atoms with Crippen molar-refractivity contribution in [2.45, 2.75) is 76.7 Å². The highest BCUT2D eigenvalue weighted by atomic mass is 16.4. The van der Waals surface area contributed by atoms with Crippen LogP contribution >= 0.6 is 0 Å². The Morgan fingerprint density at radius 1 is 1.00 bits per heavy atom. The monoisotopic (exact) mass is 447 g/mol. The van der Waals surface area contributed by atoms with E-state index in [0.29, 0.717) is 6.42 Å². The fourth-order valence-corrected chi connectivity index (χ4v) is 5.06. The third-order valence-electron chi connectivity index (χ3n) is 6.96. The van der Waals surface area contributed by atoms with Crippen LogP contribution in [0, 0.1) is 10.8 Å². The Morgan fingerprint density at radius 2 is 1.79 bits per heavy atom. The first-order valence-corrected chi connectivity index (χ1v) is 12.3. The molecule has 0 spiro atoms. The van der Waals surface area contributed by atoms with Crippen molar-refractivity contribution in [3.05, 3.63) is 75.9 Å². The van der Waals surface area contributed by atoms with Crippen LogP contribution in [0.2, 0.25) is 0 Å². The van der Waals surface area contributed by atoms with Gasteiger partial charge in [-0.3, -0.25) is 4.79 Å². The second-order valence-electron chi connectivity index (χ2n) is 9.30. The lowest BCUT2D eigenvalue weighted by atomic mass is 9.90. The number of nitrogens with zero attached hydrogens (tertiary/aromatic N) is 1. The van der Waals surface area contributed by atoms with Gasteiger partial charge < -0.3 is 9.52 Å². The molecule has 5 nitrogen and oxygen atoms in total. The van der Waals surface area contributed by atoms with Crippen LogP contribution in [0.5, 0.6) is 0 Å². The average Bonchev–Trinajstić information content (AvgIpc) is 3.21. The van der Waals surface area contributed by atoms with E-state index >= 15 is 0 Å². The molecule has 0 aliphatic heterocycles. The summed E-state index contributed by atoms with van der Waals surface area (Å²) in [5, 5.41) is 14.2. The van der Waals surface area contributed by atoms with E-state index in [9.17, 15) is 14.8 Å². The highest BCUT2D eigenvalue weighted by Gasteiger charge is 2.25. The molecule has 0 saturated carbocycles. The quantitative estimate of drug-likeness (QED) is 0.232. The molecule has 0 bridgehead atoms. The van der Waals surface area contributed by atoms with E-state index in [1.807, 2.05) is 24.3 Å². The molecule has 0 radical (unpaired) electrons. The van der Waals surface area contributed by atoms with E-state index in [4.69, 9.17) is 4.42 Å². The summed E-state index contributed by atoms with van der Waals surface area (Å²) in [7, 11) is 0. The molecule has 0 fully saturated rings. The number of benzene rings is 2. The predicted octanol–water partition coefficient (Wildman–Crippen LogP) is 7.40. The Bertz CT molecular complexity index is 1070. The molecule has 1 heterocycles. The molecule has 3 aromatic rings. The summed E-state index contributed by atoms with van der Waals surface area (Å²) in [5.74, 6) is -0.357. The molecule has 2 atom stereocenters. The maximum atomic E-state index is 11.9. The van der Waals surface area contributed by atoms with Crippen molar-refractivity contribution in [1.29, 1.82) is 0 Å². The summed E-state index contributed by atoms with van der Waals surface area (Å²) in [5.41, 5.74) is 4.17. The van der Waals surface area contributed by atoms with Gasteiger partial charge in [0.05, 0.1) is 5.92 Å². The molecular weight excluding hydrogens is 414 g/mol. The molecule has 174 valence electrons. The van der Waals surface area contributed by atoms with E-state index in [-0.39, 0.29) is 6.42 Å². The second-order valence-corrected chi connectivity index (χ2v) is 9.30. The second kappa shape index (κ2) is 11.3. The number of furan rings is 1.